The van der Waals surface area contributed by atoms with Crippen LogP contribution in [0.3, 0.4) is 0 Å². The smallest absolute Gasteiger partial charge is 0.305 e. The first-order valence-corrected chi connectivity index (χ1v) is 43.6. The zero-order valence-electron chi connectivity index (χ0n) is 64.2. The number of carbonyl (C=O) groups is 2. The van der Waals surface area contributed by atoms with Crippen molar-refractivity contribution in [3.63, 3.8) is 0 Å². The molecular formula is C88H171NO5. The largest absolute Gasteiger partial charge is 0.466 e. The quantitative estimate of drug-likeness (QED) is 0.0320. The van der Waals surface area contributed by atoms with Crippen LogP contribution in [0.15, 0.2) is 24.3 Å². The molecule has 0 aliphatic rings. The van der Waals surface area contributed by atoms with Crippen LogP contribution in [0.4, 0.5) is 0 Å². The molecule has 0 aromatic rings. The van der Waals surface area contributed by atoms with Gasteiger partial charge in [0.05, 0.1) is 25.4 Å². The first kappa shape index (κ1) is 92.3. The number of amides is 1. The van der Waals surface area contributed by atoms with Crippen molar-refractivity contribution in [2.24, 2.45) is 0 Å². The summed E-state index contributed by atoms with van der Waals surface area (Å²) >= 11 is 0. The fourth-order valence-electron chi connectivity index (χ4n) is 14.1. The van der Waals surface area contributed by atoms with E-state index in [0.29, 0.717) is 25.9 Å². The monoisotopic (exact) mass is 1320 g/mol. The number of hydrogen-bond donors (Lipinski definition) is 3. The Kier molecular flexibility index (Phi) is 82.3. The van der Waals surface area contributed by atoms with Crippen molar-refractivity contribution in [1.29, 1.82) is 0 Å². The van der Waals surface area contributed by atoms with Crippen molar-refractivity contribution in [1.82, 2.24) is 5.32 Å². The molecule has 0 aliphatic heterocycles. The van der Waals surface area contributed by atoms with Crippen molar-refractivity contribution >= 4 is 11.9 Å². The van der Waals surface area contributed by atoms with Crippen molar-refractivity contribution in [2.45, 2.75) is 514 Å². The minimum atomic E-state index is -0.663. The Balaban J connectivity index is 3.34. The van der Waals surface area contributed by atoms with E-state index in [1.165, 1.54) is 424 Å². The van der Waals surface area contributed by atoms with Crippen LogP contribution in [0.5, 0.6) is 0 Å². The maximum atomic E-state index is 12.6. The van der Waals surface area contributed by atoms with Crippen molar-refractivity contribution < 1.29 is 24.5 Å². The highest BCUT2D eigenvalue weighted by molar-refractivity contribution is 5.76. The van der Waals surface area contributed by atoms with E-state index in [9.17, 15) is 19.8 Å². The molecule has 94 heavy (non-hydrogen) atoms. The zero-order valence-corrected chi connectivity index (χ0v) is 64.2. The Morgan fingerprint density at radius 3 is 0.809 bits per heavy atom. The van der Waals surface area contributed by atoms with Gasteiger partial charge < -0.3 is 20.3 Å². The van der Waals surface area contributed by atoms with Crippen molar-refractivity contribution in [2.75, 3.05) is 13.2 Å². The first-order chi connectivity index (χ1) is 46.5. The van der Waals surface area contributed by atoms with Gasteiger partial charge in [-0.3, -0.25) is 9.59 Å². The number of hydrogen-bond acceptors (Lipinski definition) is 5. The van der Waals surface area contributed by atoms with E-state index in [4.69, 9.17) is 4.74 Å². The number of ether oxygens (including phenoxy) is 1. The fourth-order valence-corrected chi connectivity index (χ4v) is 14.1. The molecule has 0 rings (SSSR count). The molecule has 3 N–H and O–H groups in total. The summed E-state index contributed by atoms with van der Waals surface area (Å²) in [5.41, 5.74) is 0. The maximum Gasteiger partial charge on any atom is 0.305 e. The van der Waals surface area contributed by atoms with E-state index in [0.717, 1.165) is 44.9 Å². The average Bonchev–Trinajstić information content (AvgIpc) is 3.74. The van der Waals surface area contributed by atoms with Gasteiger partial charge in [0.1, 0.15) is 0 Å². The van der Waals surface area contributed by atoms with Gasteiger partial charge >= 0.3 is 5.97 Å². The highest BCUT2D eigenvalue weighted by Crippen LogP contribution is 2.21. The van der Waals surface area contributed by atoms with Crippen LogP contribution in [0, 0.1) is 0 Å². The summed E-state index contributed by atoms with van der Waals surface area (Å²) in [6.45, 7) is 5.02. The Labute approximate surface area is 590 Å². The Morgan fingerprint density at radius 2 is 0.532 bits per heavy atom. The van der Waals surface area contributed by atoms with E-state index in [2.05, 4.69) is 43.5 Å². The number of rotatable bonds is 83. The Morgan fingerprint density at radius 1 is 0.298 bits per heavy atom. The van der Waals surface area contributed by atoms with Crippen LogP contribution in [-0.4, -0.2) is 47.4 Å². The number of unbranched alkanes of at least 4 members (excludes halogenated alkanes) is 68. The minimum absolute atomic E-state index is 0.0255. The SMILES string of the molecule is CCCCCCCCCCCCCCCCCCCCCCCC(O)C(CO)NC(=O)CCCCCCCCCCCCCCCCCCC/C=C\C/C=C\CCCCCCCCCCCCCCCCCOC(=O)CCCCCCCCCCCCCCCCCCC. The maximum absolute atomic E-state index is 12.6. The van der Waals surface area contributed by atoms with E-state index in [-0.39, 0.29) is 18.5 Å². The summed E-state index contributed by atoms with van der Waals surface area (Å²) in [5, 5.41) is 23.5. The number of allylic oxidation sites excluding steroid dienone is 4. The molecule has 0 aromatic heterocycles. The fraction of sp³-hybridized carbons (Fsp3) is 0.932. The summed E-state index contributed by atoms with van der Waals surface area (Å²) in [4.78, 5) is 24.7. The van der Waals surface area contributed by atoms with Crippen LogP contribution in [0.2, 0.25) is 0 Å². The van der Waals surface area contributed by atoms with Gasteiger partial charge in [-0.05, 0) is 57.8 Å². The van der Waals surface area contributed by atoms with E-state index < -0.39 is 12.1 Å². The minimum Gasteiger partial charge on any atom is -0.466 e. The molecule has 0 fully saturated rings. The molecule has 0 radical (unpaired) electrons. The highest BCUT2D eigenvalue weighted by atomic mass is 16.5. The van der Waals surface area contributed by atoms with Crippen LogP contribution in [0.1, 0.15) is 502 Å². The van der Waals surface area contributed by atoms with E-state index in [1.807, 2.05) is 0 Å². The molecule has 0 saturated heterocycles. The zero-order chi connectivity index (χ0) is 67.7. The number of carbonyl (C=O) groups excluding carboxylic acids is 2. The van der Waals surface area contributed by atoms with Crippen LogP contribution >= 0.6 is 0 Å². The van der Waals surface area contributed by atoms with E-state index in [1.54, 1.807) is 0 Å². The molecule has 0 spiro atoms. The van der Waals surface area contributed by atoms with Crippen molar-refractivity contribution in [3.05, 3.63) is 24.3 Å². The van der Waals surface area contributed by atoms with Gasteiger partial charge in [-0.1, -0.05) is 456 Å². The molecular weight excluding hydrogens is 1150 g/mol. The molecule has 0 aromatic carbocycles. The topological polar surface area (TPSA) is 95.9 Å². The van der Waals surface area contributed by atoms with Gasteiger partial charge in [-0.25, -0.2) is 0 Å². The number of aliphatic hydroxyl groups is 2. The number of aliphatic hydroxyl groups excluding tert-OH is 2. The normalized spacial score (nSPS) is 12.5. The second-order valence-electron chi connectivity index (χ2n) is 30.2. The van der Waals surface area contributed by atoms with Gasteiger partial charge in [0.15, 0.2) is 0 Å². The second-order valence-corrected chi connectivity index (χ2v) is 30.2. The average molecular weight is 1320 g/mol. The number of esters is 1. The molecule has 1 amide bonds. The molecule has 558 valence electrons. The molecule has 2 atom stereocenters. The van der Waals surface area contributed by atoms with Gasteiger partial charge in [0, 0.05) is 12.8 Å². The molecule has 0 saturated carbocycles. The lowest BCUT2D eigenvalue weighted by Crippen LogP contribution is -2.45. The highest BCUT2D eigenvalue weighted by Gasteiger charge is 2.20. The Bertz CT molecular complexity index is 1480. The third kappa shape index (κ3) is 79.3. The third-order valence-electron chi connectivity index (χ3n) is 20.8. The molecule has 0 aliphatic carbocycles. The lowest BCUT2D eigenvalue weighted by atomic mass is 10.0. The second kappa shape index (κ2) is 83.8. The molecule has 2 unspecified atom stereocenters. The lowest BCUT2D eigenvalue weighted by molar-refractivity contribution is -0.143. The summed E-state index contributed by atoms with van der Waals surface area (Å²) in [6.07, 6.45) is 109. The predicted molar refractivity (Wildman–Crippen MR) is 417 cm³/mol. The third-order valence-corrected chi connectivity index (χ3v) is 20.8. The van der Waals surface area contributed by atoms with Gasteiger partial charge in [-0.15, -0.1) is 0 Å². The van der Waals surface area contributed by atoms with Crippen LogP contribution in [-0.2, 0) is 14.3 Å². The summed E-state index contributed by atoms with van der Waals surface area (Å²) in [7, 11) is 0. The van der Waals surface area contributed by atoms with E-state index >= 15 is 0 Å². The van der Waals surface area contributed by atoms with Gasteiger partial charge in [-0.2, -0.15) is 0 Å². The molecule has 0 heterocycles. The summed E-state index contributed by atoms with van der Waals surface area (Å²) < 4.78 is 5.52. The van der Waals surface area contributed by atoms with Gasteiger partial charge in [0.25, 0.3) is 0 Å². The molecule has 6 nitrogen and oxygen atoms in total. The van der Waals surface area contributed by atoms with Gasteiger partial charge in [0.2, 0.25) is 5.91 Å². The lowest BCUT2D eigenvalue weighted by Gasteiger charge is -2.22. The van der Waals surface area contributed by atoms with Crippen LogP contribution in [0.25, 0.3) is 0 Å². The summed E-state index contributed by atoms with van der Waals surface area (Å²) in [5.74, 6) is -0.000612. The number of nitrogens with one attached hydrogen (secondary N) is 1. The van der Waals surface area contributed by atoms with Crippen LogP contribution < -0.4 is 5.32 Å². The molecule has 6 heteroatoms. The molecule has 0 bridgehead atoms. The first-order valence-electron chi connectivity index (χ1n) is 43.6. The van der Waals surface area contributed by atoms with Crippen molar-refractivity contribution in [3.8, 4) is 0 Å². The standard InChI is InChI=1S/C88H171NO5/c1-3-5-7-9-11-13-15-17-19-21-22-42-45-49-52-56-60-64-68-72-76-80-86(91)85(84-90)89-87(92)81-77-73-69-65-61-57-53-50-46-43-40-38-36-34-32-30-28-26-24-23-25-27-29-31-33-35-37-39-41-44-47-51-55-59-63-67-71-75-79-83-94-88(93)82-78-74-70-66-62-58-54-48-20-18-16-14-12-10-8-6-4-2/h23-24,27,29,85-86,90-91H,3-22,25-26,28,30-84H2,1-2H3,(H,89,92)/b24-23-,29-27-. The Hall–Kier alpha value is -1.66. The predicted octanol–water partition coefficient (Wildman–Crippen LogP) is 29.2. The summed E-state index contributed by atoms with van der Waals surface area (Å²) in [6, 6.07) is -0.540.